The van der Waals surface area contributed by atoms with Crippen molar-refractivity contribution in [1.29, 1.82) is 0 Å². The van der Waals surface area contributed by atoms with Crippen LogP contribution in [0.25, 0.3) is 0 Å². The molecule has 0 radical (unpaired) electrons. The van der Waals surface area contributed by atoms with E-state index in [0.717, 1.165) is 3.57 Å². The molecule has 2 aromatic heterocycles. The van der Waals surface area contributed by atoms with E-state index in [9.17, 15) is 4.79 Å². The van der Waals surface area contributed by atoms with Gasteiger partial charge in [0.15, 0.2) is 5.82 Å². The van der Waals surface area contributed by atoms with Crippen molar-refractivity contribution in [1.82, 2.24) is 24.8 Å². The molecule has 0 fully saturated rings. The quantitative estimate of drug-likeness (QED) is 0.733. The van der Waals surface area contributed by atoms with Gasteiger partial charge in [-0.15, -0.1) is 10.2 Å². The smallest absolute Gasteiger partial charge is 0.250 e. The van der Waals surface area contributed by atoms with Gasteiger partial charge in [-0.05, 0) is 33.9 Å². The lowest BCUT2D eigenvalue weighted by atomic mass is 10.4. The minimum atomic E-state index is -0.0668. The first-order chi connectivity index (χ1) is 7.15. The van der Waals surface area contributed by atoms with Crippen LogP contribution in [-0.2, 0) is 13.6 Å². The minimum absolute atomic E-state index is 0.0668. The van der Waals surface area contributed by atoms with E-state index in [1.807, 2.05) is 0 Å². The monoisotopic (exact) mass is 317 g/mol. The third-order valence-electron chi connectivity index (χ3n) is 1.81. The summed E-state index contributed by atoms with van der Waals surface area (Å²) in [6.07, 6.45) is 1.76. The Morgan fingerprint density at radius 1 is 1.47 bits per heavy atom. The molecule has 0 saturated carbocycles. The Morgan fingerprint density at radius 2 is 2.27 bits per heavy atom. The number of hydrogen-bond acceptors (Lipinski definition) is 4. The van der Waals surface area contributed by atoms with Crippen LogP contribution < -0.4 is 5.56 Å². The van der Waals surface area contributed by atoms with Crippen LogP contribution in [0, 0.1) is 3.57 Å². The molecule has 0 aromatic carbocycles. The zero-order valence-electron chi connectivity index (χ0n) is 7.96. The second-order valence-electron chi connectivity index (χ2n) is 3.01. The van der Waals surface area contributed by atoms with Gasteiger partial charge in [-0.1, -0.05) is 0 Å². The summed E-state index contributed by atoms with van der Waals surface area (Å²) < 4.78 is 2.55. The lowest BCUT2D eigenvalue weighted by molar-refractivity contribution is 0.624. The average Bonchev–Trinajstić information content (AvgIpc) is 2.58. The van der Waals surface area contributed by atoms with E-state index in [1.54, 1.807) is 23.9 Å². The highest BCUT2D eigenvalue weighted by Gasteiger charge is 2.03. The summed E-state index contributed by atoms with van der Waals surface area (Å²) in [7, 11) is 1.69. The number of hydrogen-bond donors (Lipinski definition) is 0. The van der Waals surface area contributed by atoms with Crippen LogP contribution in [0.3, 0.4) is 0 Å². The first-order valence-corrected chi connectivity index (χ1v) is 5.32. The standard InChI is InChI=1S/C8H8IN5O/c1-13-11-7(10-12-13)5-14-4-6(9)2-3-8(14)15/h2-4H,5H2,1H3. The largest absolute Gasteiger partial charge is 0.307 e. The Morgan fingerprint density at radius 3 is 2.93 bits per heavy atom. The summed E-state index contributed by atoms with van der Waals surface area (Å²) in [5.41, 5.74) is -0.0668. The number of pyridine rings is 1. The molecule has 7 heteroatoms. The fraction of sp³-hybridized carbons (Fsp3) is 0.250. The van der Waals surface area contributed by atoms with E-state index < -0.39 is 0 Å². The Bertz CT molecular complexity index is 532. The van der Waals surface area contributed by atoms with Gasteiger partial charge in [0, 0.05) is 15.8 Å². The highest BCUT2D eigenvalue weighted by molar-refractivity contribution is 14.1. The van der Waals surface area contributed by atoms with Gasteiger partial charge in [-0.25, -0.2) is 0 Å². The van der Waals surface area contributed by atoms with Crippen molar-refractivity contribution in [3.63, 3.8) is 0 Å². The maximum Gasteiger partial charge on any atom is 0.250 e. The van der Waals surface area contributed by atoms with Crippen LogP contribution in [0.2, 0.25) is 0 Å². The maximum atomic E-state index is 11.5. The summed E-state index contributed by atoms with van der Waals surface area (Å²) in [6, 6.07) is 3.29. The summed E-state index contributed by atoms with van der Waals surface area (Å²) in [4.78, 5) is 12.8. The molecule has 2 aromatic rings. The third kappa shape index (κ3) is 2.41. The Kier molecular flexibility index (Phi) is 2.80. The molecule has 0 aliphatic rings. The van der Waals surface area contributed by atoms with Crippen molar-refractivity contribution in [2.75, 3.05) is 0 Å². The molecule has 6 nitrogen and oxygen atoms in total. The topological polar surface area (TPSA) is 65.6 Å². The van der Waals surface area contributed by atoms with E-state index in [-0.39, 0.29) is 5.56 Å². The van der Waals surface area contributed by atoms with Crippen molar-refractivity contribution in [3.05, 3.63) is 38.1 Å². The normalized spacial score (nSPS) is 10.5. The fourth-order valence-electron chi connectivity index (χ4n) is 1.16. The Labute approximate surface area is 99.1 Å². The molecule has 2 rings (SSSR count). The molecule has 0 atom stereocenters. The van der Waals surface area contributed by atoms with Crippen molar-refractivity contribution in [3.8, 4) is 0 Å². The first kappa shape index (κ1) is 10.3. The number of nitrogens with zero attached hydrogens (tertiary/aromatic N) is 5. The van der Waals surface area contributed by atoms with E-state index in [0.29, 0.717) is 12.4 Å². The van der Waals surface area contributed by atoms with Gasteiger partial charge < -0.3 is 4.57 Å². The minimum Gasteiger partial charge on any atom is -0.307 e. The number of tetrazole rings is 1. The first-order valence-electron chi connectivity index (χ1n) is 4.24. The van der Waals surface area contributed by atoms with Gasteiger partial charge in [0.05, 0.1) is 13.6 Å². The van der Waals surface area contributed by atoms with Gasteiger partial charge in [0.25, 0.3) is 5.56 Å². The molecule has 0 amide bonds. The number of rotatable bonds is 2. The number of aromatic nitrogens is 5. The molecule has 0 saturated heterocycles. The Balaban J connectivity index is 2.31. The van der Waals surface area contributed by atoms with Crippen LogP contribution >= 0.6 is 22.6 Å². The predicted molar refractivity (Wildman–Crippen MR) is 61.3 cm³/mol. The molecule has 0 N–H and O–H groups in total. The van der Waals surface area contributed by atoms with Gasteiger partial charge >= 0.3 is 0 Å². The second kappa shape index (κ2) is 4.09. The lowest BCUT2D eigenvalue weighted by Crippen LogP contribution is -2.20. The van der Waals surface area contributed by atoms with E-state index in [1.165, 1.54) is 10.9 Å². The highest BCUT2D eigenvalue weighted by Crippen LogP contribution is 2.00. The van der Waals surface area contributed by atoms with Gasteiger partial charge in [-0.3, -0.25) is 4.79 Å². The SMILES string of the molecule is Cn1nnc(Cn2cc(I)ccc2=O)n1. The van der Waals surface area contributed by atoms with Gasteiger partial charge in [0.2, 0.25) is 0 Å². The molecule has 15 heavy (non-hydrogen) atoms. The van der Waals surface area contributed by atoms with Crippen LogP contribution in [0.4, 0.5) is 0 Å². The second-order valence-corrected chi connectivity index (χ2v) is 4.25. The van der Waals surface area contributed by atoms with Crippen LogP contribution in [0.5, 0.6) is 0 Å². The molecule has 0 aliphatic heterocycles. The third-order valence-corrected chi connectivity index (χ3v) is 2.45. The van der Waals surface area contributed by atoms with Crippen molar-refractivity contribution in [2.45, 2.75) is 6.54 Å². The van der Waals surface area contributed by atoms with Crippen LogP contribution in [-0.4, -0.2) is 24.8 Å². The number of aryl methyl sites for hydroxylation is 1. The molecular formula is C8H8IN5O. The van der Waals surface area contributed by atoms with Crippen LogP contribution in [0.1, 0.15) is 5.82 Å². The molecule has 0 bridgehead atoms. The van der Waals surface area contributed by atoms with E-state index in [4.69, 9.17) is 0 Å². The molecule has 78 valence electrons. The average molecular weight is 317 g/mol. The summed E-state index contributed by atoms with van der Waals surface area (Å²) >= 11 is 2.15. The summed E-state index contributed by atoms with van der Waals surface area (Å²) in [5, 5.41) is 11.5. The van der Waals surface area contributed by atoms with Gasteiger partial charge in [0.1, 0.15) is 0 Å². The fourth-order valence-corrected chi connectivity index (χ4v) is 1.68. The van der Waals surface area contributed by atoms with E-state index >= 15 is 0 Å². The highest BCUT2D eigenvalue weighted by atomic mass is 127. The summed E-state index contributed by atoms with van der Waals surface area (Å²) in [6.45, 7) is 0.351. The van der Waals surface area contributed by atoms with Gasteiger partial charge in [-0.2, -0.15) is 4.80 Å². The zero-order valence-corrected chi connectivity index (χ0v) is 10.1. The van der Waals surface area contributed by atoms with Crippen LogP contribution in [0.15, 0.2) is 23.1 Å². The lowest BCUT2D eigenvalue weighted by Gasteiger charge is -2.01. The zero-order chi connectivity index (χ0) is 10.8. The predicted octanol–water partition coefficient (Wildman–Crippen LogP) is 0.0247. The molecule has 0 spiro atoms. The maximum absolute atomic E-state index is 11.5. The number of halogens is 1. The van der Waals surface area contributed by atoms with Crippen molar-refractivity contribution < 1.29 is 0 Å². The van der Waals surface area contributed by atoms with Crippen molar-refractivity contribution in [2.24, 2.45) is 7.05 Å². The molecule has 2 heterocycles. The van der Waals surface area contributed by atoms with E-state index in [2.05, 4.69) is 38.0 Å². The van der Waals surface area contributed by atoms with Crippen molar-refractivity contribution >= 4 is 22.6 Å². The molecule has 0 unspecified atom stereocenters. The molecular weight excluding hydrogens is 309 g/mol. The Hall–Kier alpha value is -1.25. The summed E-state index contributed by atoms with van der Waals surface area (Å²) in [5.74, 6) is 0.529. The molecule has 0 aliphatic carbocycles.